The molecule has 1 amide bonds. The number of benzene rings is 2. The van der Waals surface area contributed by atoms with Crippen LogP contribution in [0, 0.1) is 0 Å². The number of carbonyl (C=O) groups is 2. The first-order valence-electron chi connectivity index (χ1n) is 8.11. The molecule has 0 radical (unpaired) electrons. The molecule has 0 spiro atoms. The van der Waals surface area contributed by atoms with Crippen LogP contribution in [0.1, 0.15) is 24.2 Å². The smallest absolute Gasteiger partial charge is 0.246 e. The maximum absolute atomic E-state index is 12.4. The summed E-state index contributed by atoms with van der Waals surface area (Å²) in [5.41, 5.74) is 2.06. The molecule has 0 saturated heterocycles. The van der Waals surface area contributed by atoms with Crippen LogP contribution in [0.15, 0.2) is 42.5 Å². The van der Waals surface area contributed by atoms with Crippen molar-refractivity contribution in [2.45, 2.75) is 19.9 Å². The first-order valence-corrected chi connectivity index (χ1v) is 8.11. The molecule has 6 heteroatoms. The third kappa shape index (κ3) is 4.09. The Hall–Kier alpha value is -3.02. The minimum absolute atomic E-state index is 0.0101. The Kier molecular flexibility index (Phi) is 4.88. The summed E-state index contributed by atoms with van der Waals surface area (Å²) < 4.78 is 11.0. The molecule has 1 heterocycles. The fourth-order valence-electron chi connectivity index (χ4n) is 2.49. The molecule has 0 aromatic heterocycles. The van der Waals surface area contributed by atoms with Crippen molar-refractivity contribution in [2.75, 3.05) is 23.8 Å². The molecule has 2 aromatic carbocycles. The van der Waals surface area contributed by atoms with E-state index in [1.807, 2.05) is 0 Å². The number of fused-ring (bicyclic) bond motifs is 1. The van der Waals surface area contributed by atoms with Crippen LogP contribution >= 0.6 is 0 Å². The Morgan fingerprint density at radius 2 is 1.60 bits per heavy atom. The van der Waals surface area contributed by atoms with Crippen molar-refractivity contribution in [1.29, 1.82) is 0 Å². The number of carbonyl (C=O) groups excluding carboxylic acids is 2. The van der Waals surface area contributed by atoms with E-state index in [4.69, 9.17) is 9.47 Å². The number of ketones is 1. The number of ether oxygens (including phenoxy) is 2. The summed E-state index contributed by atoms with van der Waals surface area (Å²) in [5.74, 6) is 1.15. The highest BCUT2D eigenvalue weighted by atomic mass is 16.6. The van der Waals surface area contributed by atoms with Gasteiger partial charge >= 0.3 is 0 Å². The van der Waals surface area contributed by atoms with E-state index in [0.29, 0.717) is 36.0 Å². The monoisotopic (exact) mass is 340 g/mol. The summed E-state index contributed by atoms with van der Waals surface area (Å²) in [6.45, 7) is 4.32. The molecule has 0 saturated carbocycles. The van der Waals surface area contributed by atoms with Gasteiger partial charge in [0.05, 0.1) is 0 Å². The number of anilines is 2. The molecule has 0 aliphatic carbocycles. The second-order valence-electron chi connectivity index (χ2n) is 5.85. The third-order valence-electron chi connectivity index (χ3n) is 3.88. The first-order chi connectivity index (χ1) is 12.0. The lowest BCUT2D eigenvalue weighted by molar-refractivity contribution is -0.116. The van der Waals surface area contributed by atoms with Crippen molar-refractivity contribution >= 4 is 23.1 Å². The summed E-state index contributed by atoms with van der Waals surface area (Å²) in [6.07, 6.45) is 0. The molecule has 0 bridgehead atoms. The van der Waals surface area contributed by atoms with Crippen molar-refractivity contribution in [1.82, 2.24) is 0 Å². The predicted molar refractivity (Wildman–Crippen MR) is 95.6 cm³/mol. The highest BCUT2D eigenvalue weighted by Gasteiger charge is 2.16. The summed E-state index contributed by atoms with van der Waals surface area (Å²) >= 11 is 0. The normalized spacial score (nSPS) is 13.7. The zero-order valence-electron chi connectivity index (χ0n) is 14.2. The average Bonchev–Trinajstić information content (AvgIpc) is 2.62. The maximum atomic E-state index is 12.4. The van der Waals surface area contributed by atoms with Crippen LogP contribution in [-0.2, 0) is 4.79 Å². The largest absolute Gasteiger partial charge is 0.486 e. The quantitative estimate of drug-likeness (QED) is 0.818. The van der Waals surface area contributed by atoms with Crippen molar-refractivity contribution in [3.05, 3.63) is 48.0 Å². The minimum Gasteiger partial charge on any atom is -0.486 e. The lowest BCUT2D eigenvalue weighted by Gasteiger charge is -2.20. The van der Waals surface area contributed by atoms with Crippen LogP contribution in [0.5, 0.6) is 11.5 Å². The van der Waals surface area contributed by atoms with Crippen LogP contribution in [-0.4, -0.2) is 30.9 Å². The Morgan fingerprint density at radius 3 is 2.28 bits per heavy atom. The van der Waals surface area contributed by atoms with E-state index in [9.17, 15) is 9.59 Å². The lowest BCUT2D eigenvalue weighted by Crippen LogP contribution is -2.31. The predicted octanol–water partition coefficient (Wildman–Crippen LogP) is 3.10. The number of hydrogen-bond donors (Lipinski definition) is 2. The second kappa shape index (κ2) is 7.25. The van der Waals surface area contributed by atoms with Gasteiger partial charge in [-0.2, -0.15) is 0 Å². The zero-order valence-corrected chi connectivity index (χ0v) is 14.2. The molecular weight excluding hydrogens is 320 g/mol. The molecule has 2 aromatic rings. The summed E-state index contributed by atoms with van der Waals surface area (Å²) in [5, 5.41) is 5.96. The van der Waals surface area contributed by atoms with Gasteiger partial charge in [0.15, 0.2) is 17.3 Å². The molecule has 130 valence electrons. The fourth-order valence-corrected chi connectivity index (χ4v) is 2.49. The molecule has 6 nitrogen and oxygen atoms in total. The van der Waals surface area contributed by atoms with Crippen molar-refractivity contribution in [3.63, 3.8) is 0 Å². The Balaban J connectivity index is 1.61. The number of hydrogen-bond acceptors (Lipinski definition) is 5. The highest BCUT2D eigenvalue weighted by molar-refractivity contribution is 5.97. The van der Waals surface area contributed by atoms with E-state index >= 15 is 0 Å². The van der Waals surface area contributed by atoms with E-state index in [2.05, 4.69) is 10.6 Å². The molecule has 1 aliphatic heterocycles. The molecule has 1 aliphatic rings. The third-order valence-corrected chi connectivity index (χ3v) is 3.88. The Labute approximate surface area is 146 Å². The van der Waals surface area contributed by atoms with E-state index in [1.165, 1.54) is 6.92 Å². The standard InChI is InChI=1S/C19H20N2O4/c1-12(20-15-5-3-14(4-6-15)13(2)22)19(23)21-16-7-8-17-18(11-16)25-10-9-24-17/h3-8,11-12,20H,9-10H2,1-2H3,(H,21,23)/t12-/m1/s1. The molecular formula is C19H20N2O4. The van der Waals surface area contributed by atoms with Gasteiger partial charge in [-0.05, 0) is 50.2 Å². The van der Waals surface area contributed by atoms with Crippen LogP contribution in [0.3, 0.4) is 0 Å². The molecule has 2 N–H and O–H groups in total. The molecule has 0 unspecified atom stereocenters. The first kappa shape index (κ1) is 16.8. The zero-order chi connectivity index (χ0) is 17.8. The lowest BCUT2D eigenvalue weighted by atomic mass is 10.1. The molecule has 3 rings (SSSR count). The minimum atomic E-state index is -0.448. The van der Waals surface area contributed by atoms with Crippen LogP contribution in [0.4, 0.5) is 11.4 Å². The van der Waals surface area contributed by atoms with Gasteiger partial charge in [-0.25, -0.2) is 0 Å². The van der Waals surface area contributed by atoms with E-state index in [0.717, 1.165) is 5.69 Å². The Morgan fingerprint density at radius 1 is 0.960 bits per heavy atom. The van der Waals surface area contributed by atoms with E-state index in [1.54, 1.807) is 49.4 Å². The van der Waals surface area contributed by atoms with Crippen molar-refractivity contribution in [3.8, 4) is 11.5 Å². The van der Waals surface area contributed by atoms with Crippen LogP contribution in [0.2, 0.25) is 0 Å². The highest BCUT2D eigenvalue weighted by Crippen LogP contribution is 2.32. The summed E-state index contributed by atoms with van der Waals surface area (Å²) in [6, 6.07) is 11.9. The molecule has 25 heavy (non-hydrogen) atoms. The van der Waals surface area contributed by atoms with Gasteiger partial charge < -0.3 is 20.1 Å². The van der Waals surface area contributed by atoms with Gasteiger partial charge in [-0.3, -0.25) is 9.59 Å². The SMILES string of the molecule is CC(=O)c1ccc(N[C@H](C)C(=O)Nc2ccc3c(c2)OCCO3)cc1. The van der Waals surface area contributed by atoms with Crippen LogP contribution < -0.4 is 20.1 Å². The van der Waals surface area contributed by atoms with E-state index < -0.39 is 6.04 Å². The van der Waals surface area contributed by atoms with Gasteiger partial charge in [0.25, 0.3) is 0 Å². The summed E-state index contributed by atoms with van der Waals surface area (Å²) in [4.78, 5) is 23.6. The van der Waals surface area contributed by atoms with Gasteiger partial charge in [0.2, 0.25) is 5.91 Å². The average molecular weight is 340 g/mol. The number of rotatable bonds is 5. The topological polar surface area (TPSA) is 76.7 Å². The van der Waals surface area contributed by atoms with Gasteiger partial charge in [0.1, 0.15) is 19.3 Å². The van der Waals surface area contributed by atoms with E-state index in [-0.39, 0.29) is 11.7 Å². The van der Waals surface area contributed by atoms with Gasteiger partial charge in [0, 0.05) is 23.0 Å². The number of amides is 1. The van der Waals surface area contributed by atoms with Crippen molar-refractivity contribution < 1.29 is 19.1 Å². The maximum Gasteiger partial charge on any atom is 0.246 e. The fraction of sp³-hybridized carbons (Fsp3) is 0.263. The summed E-state index contributed by atoms with van der Waals surface area (Å²) in [7, 11) is 0. The van der Waals surface area contributed by atoms with Crippen LogP contribution in [0.25, 0.3) is 0 Å². The van der Waals surface area contributed by atoms with Gasteiger partial charge in [-0.15, -0.1) is 0 Å². The Bertz CT molecular complexity index is 787. The van der Waals surface area contributed by atoms with Gasteiger partial charge in [-0.1, -0.05) is 0 Å². The number of nitrogens with one attached hydrogen (secondary N) is 2. The molecule has 1 atom stereocenters. The number of Topliss-reactive ketones (excluding diaryl/α,β-unsaturated/α-hetero) is 1. The second-order valence-corrected chi connectivity index (χ2v) is 5.85. The molecule has 0 fully saturated rings. The van der Waals surface area contributed by atoms with Crippen molar-refractivity contribution in [2.24, 2.45) is 0 Å².